The Bertz CT molecular complexity index is 1130. The summed E-state index contributed by atoms with van der Waals surface area (Å²) in [4.78, 5) is 19.8. The maximum atomic E-state index is 13.4. The molecule has 1 saturated heterocycles. The molecule has 0 aliphatic carbocycles. The lowest BCUT2D eigenvalue weighted by Crippen LogP contribution is -2.38. The molecule has 2 aromatic carbocycles. The SMILES string of the molecule is COc1cc(Nc2c(C(=O)N3CCSCC3)cnc3ccc(Cl)cc23)cc(OC)c1OC. The van der Waals surface area contributed by atoms with Gasteiger partial charge in [0.15, 0.2) is 11.5 Å². The first-order valence-corrected chi connectivity index (χ1v) is 11.6. The Hall–Kier alpha value is -2.84. The second kappa shape index (κ2) is 9.75. The van der Waals surface area contributed by atoms with Crippen molar-refractivity contribution in [3.63, 3.8) is 0 Å². The van der Waals surface area contributed by atoms with Crippen molar-refractivity contribution in [2.75, 3.05) is 51.2 Å². The van der Waals surface area contributed by atoms with Gasteiger partial charge in [-0.3, -0.25) is 9.78 Å². The second-order valence-corrected chi connectivity index (χ2v) is 8.81. The van der Waals surface area contributed by atoms with Gasteiger partial charge in [0.2, 0.25) is 5.75 Å². The number of hydrogen-bond acceptors (Lipinski definition) is 7. The minimum atomic E-state index is -0.0605. The summed E-state index contributed by atoms with van der Waals surface area (Å²) in [5, 5.41) is 4.71. The number of nitrogens with one attached hydrogen (secondary N) is 1. The summed E-state index contributed by atoms with van der Waals surface area (Å²) in [6.45, 7) is 1.42. The molecule has 2 heterocycles. The molecule has 0 spiro atoms. The normalized spacial score (nSPS) is 13.7. The van der Waals surface area contributed by atoms with Gasteiger partial charge in [-0.25, -0.2) is 0 Å². The average molecular weight is 474 g/mol. The molecule has 3 aromatic rings. The summed E-state index contributed by atoms with van der Waals surface area (Å²) in [5.41, 5.74) is 2.53. The van der Waals surface area contributed by atoms with Crippen LogP contribution in [0, 0.1) is 0 Å². The zero-order valence-corrected chi connectivity index (χ0v) is 19.7. The Morgan fingerprint density at radius 3 is 2.38 bits per heavy atom. The lowest BCUT2D eigenvalue weighted by molar-refractivity contribution is 0.0773. The molecule has 1 aliphatic heterocycles. The van der Waals surface area contributed by atoms with Gasteiger partial charge in [0.1, 0.15) is 0 Å². The molecule has 1 amide bonds. The van der Waals surface area contributed by atoms with Crippen LogP contribution in [0.15, 0.2) is 36.5 Å². The van der Waals surface area contributed by atoms with Crippen molar-refractivity contribution in [1.82, 2.24) is 9.88 Å². The maximum Gasteiger partial charge on any atom is 0.257 e. The van der Waals surface area contributed by atoms with Crippen molar-refractivity contribution < 1.29 is 19.0 Å². The topological polar surface area (TPSA) is 72.9 Å². The summed E-state index contributed by atoms with van der Waals surface area (Å²) in [5.74, 6) is 3.29. The molecule has 1 aromatic heterocycles. The zero-order valence-electron chi connectivity index (χ0n) is 18.1. The molecular weight excluding hydrogens is 450 g/mol. The van der Waals surface area contributed by atoms with Crippen LogP contribution in [-0.4, -0.2) is 61.7 Å². The van der Waals surface area contributed by atoms with Crippen molar-refractivity contribution in [2.45, 2.75) is 0 Å². The molecule has 0 saturated carbocycles. The largest absolute Gasteiger partial charge is 0.493 e. The summed E-state index contributed by atoms with van der Waals surface area (Å²) >= 11 is 8.15. The summed E-state index contributed by atoms with van der Waals surface area (Å²) in [6.07, 6.45) is 1.63. The highest BCUT2D eigenvalue weighted by Gasteiger charge is 2.24. The summed E-state index contributed by atoms with van der Waals surface area (Å²) in [6, 6.07) is 9.02. The van der Waals surface area contributed by atoms with Crippen LogP contribution < -0.4 is 19.5 Å². The molecule has 1 N–H and O–H groups in total. The summed E-state index contributed by atoms with van der Waals surface area (Å²) in [7, 11) is 4.68. The van der Waals surface area contributed by atoms with Gasteiger partial charge in [-0.15, -0.1) is 0 Å². The molecular formula is C23H24ClN3O4S. The van der Waals surface area contributed by atoms with Gasteiger partial charge in [-0.2, -0.15) is 11.8 Å². The van der Waals surface area contributed by atoms with Crippen LogP contribution in [-0.2, 0) is 0 Å². The van der Waals surface area contributed by atoms with Gasteiger partial charge in [0.25, 0.3) is 5.91 Å². The second-order valence-electron chi connectivity index (χ2n) is 7.15. The van der Waals surface area contributed by atoms with E-state index in [1.54, 1.807) is 45.7 Å². The molecule has 0 unspecified atom stereocenters. The number of halogens is 1. The Morgan fingerprint density at radius 2 is 1.75 bits per heavy atom. The highest BCUT2D eigenvalue weighted by Crippen LogP contribution is 2.42. The monoisotopic (exact) mass is 473 g/mol. The fourth-order valence-electron chi connectivity index (χ4n) is 3.70. The highest BCUT2D eigenvalue weighted by atomic mass is 35.5. The molecule has 1 fully saturated rings. The van der Waals surface area contributed by atoms with Gasteiger partial charge >= 0.3 is 0 Å². The molecule has 0 radical (unpaired) electrons. The minimum absolute atomic E-state index is 0.0605. The van der Waals surface area contributed by atoms with Crippen molar-refractivity contribution >= 4 is 51.5 Å². The van der Waals surface area contributed by atoms with E-state index >= 15 is 0 Å². The van der Waals surface area contributed by atoms with Crippen LogP contribution in [0.3, 0.4) is 0 Å². The maximum absolute atomic E-state index is 13.4. The van der Waals surface area contributed by atoms with E-state index in [1.165, 1.54) is 0 Å². The van der Waals surface area contributed by atoms with E-state index in [0.29, 0.717) is 52.3 Å². The van der Waals surface area contributed by atoms with Crippen LogP contribution in [0.25, 0.3) is 10.9 Å². The van der Waals surface area contributed by atoms with E-state index in [9.17, 15) is 4.79 Å². The molecule has 9 heteroatoms. The zero-order chi connectivity index (χ0) is 22.7. The third kappa shape index (κ3) is 4.38. The Labute approximate surface area is 196 Å². The van der Waals surface area contributed by atoms with Gasteiger partial charge in [-0.1, -0.05) is 11.6 Å². The average Bonchev–Trinajstić information content (AvgIpc) is 2.83. The van der Waals surface area contributed by atoms with E-state index in [4.69, 9.17) is 25.8 Å². The van der Waals surface area contributed by atoms with Crippen molar-refractivity contribution in [3.8, 4) is 17.2 Å². The molecule has 0 bridgehead atoms. The minimum Gasteiger partial charge on any atom is -0.493 e. The fourth-order valence-corrected chi connectivity index (χ4v) is 4.77. The van der Waals surface area contributed by atoms with Gasteiger partial charge < -0.3 is 24.4 Å². The number of rotatable bonds is 6. The van der Waals surface area contributed by atoms with Crippen molar-refractivity contribution in [3.05, 3.63) is 47.1 Å². The third-order valence-corrected chi connectivity index (χ3v) is 6.47. The first-order chi connectivity index (χ1) is 15.5. The number of carbonyl (C=O) groups excluding carboxylic acids is 1. The number of benzene rings is 2. The fraction of sp³-hybridized carbons (Fsp3) is 0.304. The lowest BCUT2D eigenvalue weighted by atomic mass is 10.1. The van der Waals surface area contributed by atoms with Gasteiger partial charge in [-0.05, 0) is 18.2 Å². The Morgan fingerprint density at radius 1 is 1.06 bits per heavy atom. The molecule has 4 rings (SSSR count). The van der Waals surface area contributed by atoms with E-state index in [2.05, 4.69) is 10.3 Å². The van der Waals surface area contributed by atoms with Crippen LogP contribution in [0.2, 0.25) is 5.02 Å². The van der Waals surface area contributed by atoms with E-state index in [-0.39, 0.29) is 5.91 Å². The number of methoxy groups -OCH3 is 3. The van der Waals surface area contributed by atoms with Gasteiger partial charge in [0.05, 0.1) is 38.1 Å². The number of ether oxygens (including phenoxy) is 3. The number of aromatic nitrogens is 1. The van der Waals surface area contributed by atoms with Crippen LogP contribution >= 0.6 is 23.4 Å². The molecule has 1 aliphatic rings. The standard InChI is InChI=1S/C23H24ClN3O4S/c1-29-19-11-15(12-20(30-2)22(19)31-3)26-21-16-10-14(24)4-5-18(16)25-13-17(21)23(28)27-6-8-32-9-7-27/h4-5,10-13H,6-9H2,1-3H3,(H,25,26). The molecule has 168 valence electrons. The van der Waals surface area contributed by atoms with Crippen LogP contribution in [0.1, 0.15) is 10.4 Å². The molecule has 0 atom stereocenters. The molecule has 32 heavy (non-hydrogen) atoms. The third-order valence-electron chi connectivity index (χ3n) is 5.29. The van der Waals surface area contributed by atoms with Crippen molar-refractivity contribution in [1.29, 1.82) is 0 Å². The number of amides is 1. The Kier molecular flexibility index (Phi) is 6.81. The highest BCUT2D eigenvalue weighted by molar-refractivity contribution is 7.99. The Balaban J connectivity index is 1.85. The van der Waals surface area contributed by atoms with Crippen LogP contribution in [0.4, 0.5) is 11.4 Å². The predicted molar refractivity (Wildman–Crippen MR) is 129 cm³/mol. The van der Waals surface area contributed by atoms with E-state index < -0.39 is 0 Å². The smallest absolute Gasteiger partial charge is 0.257 e. The number of carbonyl (C=O) groups is 1. The number of hydrogen-bond donors (Lipinski definition) is 1. The predicted octanol–water partition coefficient (Wildman–Crippen LogP) is 4.85. The van der Waals surface area contributed by atoms with Crippen LogP contribution in [0.5, 0.6) is 17.2 Å². The summed E-state index contributed by atoms with van der Waals surface area (Å²) < 4.78 is 16.4. The molecule has 7 nitrogen and oxygen atoms in total. The number of anilines is 2. The number of nitrogens with zero attached hydrogens (tertiary/aromatic N) is 2. The van der Waals surface area contributed by atoms with E-state index in [1.807, 2.05) is 28.8 Å². The number of thioether (sulfide) groups is 1. The van der Waals surface area contributed by atoms with E-state index in [0.717, 1.165) is 22.4 Å². The first-order valence-electron chi connectivity index (χ1n) is 10.1. The number of pyridine rings is 1. The first kappa shape index (κ1) is 22.4. The van der Waals surface area contributed by atoms with Crippen molar-refractivity contribution in [2.24, 2.45) is 0 Å². The number of fused-ring (bicyclic) bond motifs is 1. The quantitative estimate of drug-likeness (QED) is 0.548. The van der Waals surface area contributed by atoms with Gasteiger partial charge in [0, 0.05) is 59.0 Å². The lowest BCUT2D eigenvalue weighted by Gasteiger charge is -2.27.